The zero-order chi connectivity index (χ0) is 14.0. The fourth-order valence-electron chi connectivity index (χ4n) is 3.09. The van der Waals surface area contributed by atoms with Crippen molar-refractivity contribution >= 4 is 11.3 Å². The molecule has 3 heteroatoms. The molecule has 0 aromatic carbocycles. The van der Waals surface area contributed by atoms with Gasteiger partial charge in [-0.15, -0.1) is 11.3 Å². The summed E-state index contributed by atoms with van der Waals surface area (Å²) in [6, 6.07) is 5.72. The Labute approximate surface area is 122 Å². The molecule has 1 fully saturated rings. The van der Waals surface area contributed by atoms with Gasteiger partial charge in [0.15, 0.2) is 0 Å². The van der Waals surface area contributed by atoms with E-state index in [0.29, 0.717) is 18.0 Å². The van der Waals surface area contributed by atoms with Crippen LogP contribution in [0.1, 0.15) is 39.5 Å². The Bertz CT molecular complexity index is 383. The van der Waals surface area contributed by atoms with Crippen molar-refractivity contribution in [2.24, 2.45) is 5.92 Å². The molecule has 0 radical (unpaired) electrons. The van der Waals surface area contributed by atoms with Crippen LogP contribution in [0.2, 0.25) is 0 Å². The molecule has 1 aromatic heterocycles. The highest BCUT2D eigenvalue weighted by Gasteiger charge is 2.33. The van der Waals surface area contributed by atoms with Crippen LogP contribution in [-0.4, -0.2) is 36.6 Å². The molecule has 0 aliphatic carbocycles. The quantitative estimate of drug-likeness (QED) is 0.910. The van der Waals surface area contributed by atoms with Crippen molar-refractivity contribution in [1.82, 2.24) is 10.2 Å². The number of rotatable bonds is 4. The lowest BCUT2D eigenvalue weighted by Gasteiger charge is -2.44. The SMILES string of the molecule is CC1CN(CC(C)(C)c2cccs2)C(C(C)C)CN1. The molecule has 2 nitrogen and oxygen atoms in total. The summed E-state index contributed by atoms with van der Waals surface area (Å²) in [6.45, 7) is 15.2. The van der Waals surface area contributed by atoms with Crippen molar-refractivity contribution in [1.29, 1.82) is 0 Å². The van der Waals surface area contributed by atoms with Crippen molar-refractivity contribution in [3.63, 3.8) is 0 Å². The number of hydrogen-bond donors (Lipinski definition) is 1. The smallest absolute Gasteiger partial charge is 0.0244 e. The number of nitrogens with zero attached hydrogens (tertiary/aromatic N) is 1. The van der Waals surface area contributed by atoms with Crippen LogP contribution in [0.4, 0.5) is 0 Å². The Morgan fingerprint density at radius 3 is 2.79 bits per heavy atom. The van der Waals surface area contributed by atoms with Gasteiger partial charge in [0.1, 0.15) is 0 Å². The Hall–Kier alpha value is -0.380. The van der Waals surface area contributed by atoms with E-state index in [9.17, 15) is 0 Å². The minimum Gasteiger partial charge on any atom is -0.311 e. The van der Waals surface area contributed by atoms with Gasteiger partial charge in [0, 0.05) is 42.0 Å². The number of piperazine rings is 1. The van der Waals surface area contributed by atoms with Crippen LogP contribution in [-0.2, 0) is 5.41 Å². The average Bonchev–Trinajstić information content (AvgIpc) is 2.81. The maximum absolute atomic E-state index is 3.62. The van der Waals surface area contributed by atoms with Crippen LogP contribution in [0.5, 0.6) is 0 Å². The van der Waals surface area contributed by atoms with Gasteiger partial charge in [-0.05, 0) is 24.3 Å². The molecule has 2 heterocycles. The highest BCUT2D eigenvalue weighted by atomic mass is 32.1. The van der Waals surface area contributed by atoms with E-state index in [1.807, 2.05) is 11.3 Å². The molecular weight excluding hydrogens is 252 g/mol. The first-order valence-corrected chi connectivity index (χ1v) is 8.29. The fourth-order valence-corrected chi connectivity index (χ4v) is 3.94. The van der Waals surface area contributed by atoms with Crippen LogP contribution < -0.4 is 5.32 Å². The number of thiophene rings is 1. The lowest BCUT2D eigenvalue weighted by atomic mass is 9.88. The van der Waals surface area contributed by atoms with Gasteiger partial charge in [-0.1, -0.05) is 33.8 Å². The Morgan fingerprint density at radius 1 is 1.47 bits per heavy atom. The predicted octanol–water partition coefficient (Wildman–Crippen LogP) is 3.34. The van der Waals surface area contributed by atoms with Crippen molar-refractivity contribution < 1.29 is 0 Å². The van der Waals surface area contributed by atoms with Crippen LogP contribution in [0.15, 0.2) is 17.5 Å². The highest BCUT2D eigenvalue weighted by Crippen LogP contribution is 2.30. The summed E-state index contributed by atoms with van der Waals surface area (Å²) >= 11 is 1.89. The molecule has 108 valence electrons. The van der Waals surface area contributed by atoms with E-state index in [0.717, 1.165) is 19.6 Å². The Kier molecular flexibility index (Phi) is 4.70. The largest absolute Gasteiger partial charge is 0.311 e. The highest BCUT2D eigenvalue weighted by molar-refractivity contribution is 7.10. The first-order valence-electron chi connectivity index (χ1n) is 7.41. The molecular formula is C16H28N2S. The fraction of sp³-hybridized carbons (Fsp3) is 0.750. The molecule has 0 spiro atoms. The summed E-state index contributed by atoms with van der Waals surface area (Å²) in [6.07, 6.45) is 0. The van der Waals surface area contributed by atoms with Gasteiger partial charge < -0.3 is 5.32 Å². The van der Waals surface area contributed by atoms with Crippen molar-refractivity contribution in [2.45, 2.75) is 52.1 Å². The second-order valence-corrected chi connectivity index (χ2v) is 7.86. The summed E-state index contributed by atoms with van der Waals surface area (Å²) in [4.78, 5) is 4.20. The summed E-state index contributed by atoms with van der Waals surface area (Å²) < 4.78 is 0. The van der Waals surface area contributed by atoms with Crippen LogP contribution in [0.25, 0.3) is 0 Å². The van der Waals surface area contributed by atoms with Gasteiger partial charge in [0.05, 0.1) is 0 Å². The zero-order valence-electron chi connectivity index (χ0n) is 12.9. The summed E-state index contributed by atoms with van der Waals surface area (Å²) in [5.74, 6) is 0.708. The molecule has 2 rings (SSSR count). The lowest BCUT2D eigenvalue weighted by molar-refractivity contribution is 0.0833. The minimum absolute atomic E-state index is 0.248. The maximum Gasteiger partial charge on any atom is 0.0244 e. The van der Waals surface area contributed by atoms with E-state index in [2.05, 4.69) is 62.3 Å². The van der Waals surface area contributed by atoms with Crippen LogP contribution in [0.3, 0.4) is 0 Å². The minimum atomic E-state index is 0.248. The second kappa shape index (κ2) is 5.94. The molecule has 1 N–H and O–H groups in total. The standard InChI is InChI=1S/C16H28N2S/c1-12(2)14-9-17-13(3)10-18(14)11-16(4,5)15-7-6-8-19-15/h6-8,12-14,17H,9-11H2,1-5H3. The molecule has 0 amide bonds. The molecule has 1 aromatic rings. The average molecular weight is 280 g/mol. The van der Waals surface area contributed by atoms with Gasteiger partial charge in [-0.3, -0.25) is 4.90 Å². The van der Waals surface area contributed by atoms with Crippen molar-refractivity contribution in [2.75, 3.05) is 19.6 Å². The summed E-state index contributed by atoms with van der Waals surface area (Å²) in [7, 11) is 0. The number of hydrogen-bond acceptors (Lipinski definition) is 3. The molecule has 0 bridgehead atoms. The van der Waals surface area contributed by atoms with E-state index < -0.39 is 0 Å². The molecule has 2 unspecified atom stereocenters. The molecule has 0 saturated carbocycles. The van der Waals surface area contributed by atoms with E-state index in [1.165, 1.54) is 4.88 Å². The third-order valence-electron chi connectivity index (χ3n) is 4.21. The molecule has 1 aliphatic heterocycles. The van der Waals surface area contributed by atoms with Gasteiger partial charge in [0.2, 0.25) is 0 Å². The summed E-state index contributed by atoms with van der Waals surface area (Å²) in [5, 5.41) is 5.82. The van der Waals surface area contributed by atoms with Gasteiger partial charge in [-0.25, -0.2) is 0 Å². The normalized spacial score (nSPS) is 26.0. The number of nitrogens with one attached hydrogen (secondary N) is 1. The molecule has 1 saturated heterocycles. The van der Waals surface area contributed by atoms with Crippen molar-refractivity contribution in [3.8, 4) is 0 Å². The Balaban J connectivity index is 2.10. The third kappa shape index (κ3) is 3.59. The molecule has 2 atom stereocenters. The maximum atomic E-state index is 3.62. The second-order valence-electron chi connectivity index (χ2n) is 6.91. The van der Waals surface area contributed by atoms with Gasteiger partial charge in [0.25, 0.3) is 0 Å². The van der Waals surface area contributed by atoms with Gasteiger partial charge >= 0.3 is 0 Å². The zero-order valence-corrected chi connectivity index (χ0v) is 13.8. The van der Waals surface area contributed by atoms with E-state index in [1.54, 1.807) is 0 Å². The monoisotopic (exact) mass is 280 g/mol. The van der Waals surface area contributed by atoms with E-state index in [4.69, 9.17) is 0 Å². The molecule has 19 heavy (non-hydrogen) atoms. The van der Waals surface area contributed by atoms with E-state index in [-0.39, 0.29) is 5.41 Å². The molecule has 1 aliphatic rings. The first-order chi connectivity index (χ1) is 8.90. The third-order valence-corrected chi connectivity index (χ3v) is 5.44. The van der Waals surface area contributed by atoms with Crippen LogP contribution in [0, 0.1) is 5.92 Å². The van der Waals surface area contributed by atoms with E-state index >= 15 is 0 Å². The Morgan fingerprint density at radius 2 is 2.21 bits per heavy atom. The first kappa shape index (κ1) is 15.0. The predicted molar refractivity (Wildman–Crippen MR) is 85.0 cm³/mol. The van der Waals surface area contributed by atoms with Gasteiger partial charge in [-0.2, -0.15) is 0 Å². The van der Waals surface area contributed by atoms with Crippen LogP contribution >= 0.6 is 11.3 Å². The van der Waals surface area contributed by atoms with Crippen molar-refractivity contribution in [3.05, 3.63) is 22.4 Å². The summed E-state index contributed by atoms with van der Waals surface area (Å²) in [5.41, 5.74) is 0.248. The lowest BCUT2D eigenvalue weighted by Crippen LogP contribution is -2.59. The topological polar surface area (TPSA) is 15.3 Å².